The molecule has 1 aromatic heterocycles. The molecular weight excluding hydrogens is 558 g/mol. The van der Waals surface area contributed by atoms with Gasteiger partial charge in [0.1, 0.15) is 18.2 Å². The summed E-state index contributed by atoms with van der Waals surface area (Å²) in [5.41, 5.74) is 1.64. The number of piperazine rings is 1. The number of fused-ring (bicyclic) bond motifs is 3. The van der Waals surface area contributed by atoms with Gasteiger partial charge in [0.2, 0.25) is 0 Å². The first-order valence-electron chi connectivity index (χ1n) is 13.6. The second-order valence-corrected chi connectivity index (χ2v) is 10.9. The number of hydrogen-bond acceptors (Lipinski definition) is 5. The summed E-state index contributed by atoms with van der Waals surface area (Å²) < 4.78 is 88.1. The number of likely N-dealkylation sites (tertiary alicyclic amines) is 2. The summed E-state index contributed by atoms with van der Waals surface area (Å²) in [7, 11) is 0. The fourth-order valence-corrected chi connectivity index (χ4v) is 5.97. The Morgan fingerprint density at radius 3 is 2.40 bits per heavy atom. The predicted molar refractivity (Wildman–Crippen MR) is 147 cm³/mol. The molecule has 2 saturated heterocycles. The molecule has 1 N–H and O–H groups in total. The highest BCUT2D eigenvalue weighted by molar-refractivity contribution is 5.93. The van der Waals surface area contributed by atoms with Crippen LogP contribution in [0.3, 0.4) is 0 Å². The lowest BCUT2D eigenvalue weighted by atomic mass is 10.1. The Morgan fingerprint density at radius 1 is 0.905 bits per heavy atom. The minimum atomic E-state index is -4.56. The van der Waals surface area contributed by atoms with Gasteiger partial charge >= 0.3 is 6.18 Å². The van der Waals surface area contributed by atoms with Gasteiger partial charge in [-0.15, -0.1) is 0 Å². The van der Waals surface area contributed by atoms with Crippen molar-refractivity contribution in [3.63, 3.8) is 0 Å². The summed E-state index contributed by atoms with van der Waals surface area (Å²) >= 11 is 0. The largest absolute Gasteiger partial charge is 0.492 e. The highest BCUT2D eigenvalue weighted by atomic mass is 19.4. The molecule has 6 rings (SSSR count). The van der Waals surface area contributed by atoms with E-state index < -0.39 is 29.2 Å². The van der Waals surface area contributed by atoms with Crippen molar-refractivity contribution in [2.75, 3.05) is 31.6 Å². The Labute approximate surface area is 238 Å². The second-order valence-electron chi connectivity index (χ2n) is 10.9. The van der Waals surface area contributed by atoms with Crippen LogP contribution in [-0.4, -0.2) is 53.1 Å². The maximum atomic E-state index is 14.1. The standard InChI is InChI=1S/C31H28F6N4O/c1-18-8-30(25-4-2-3-5-29(25)38-18)39-21-10-20(31(35,36)37)11-24(12-21)42-7-6-40-16-23-13-22(40)17-41(23)15-19-9-27(33)28(34)14-26(19)32/h2-5,8-12,14,22-23H,6-7,13,15-17H2,1H3,(H,38,39)/t22-,23?/m0/s1. The Morgan fingerprint density at radius 2 is 1.64 bits per heavy atom. The zero-order valence-electron chi connectivity index (χ0n) is 22.7. The molecule has 2 atom stereocenters. The van der Waals surface area contributed by atoms with Gasteiger partial charge in [0.25, 0.3) is 0 Å². The van der Waals surface area contributed by atoms with Gasteiger partial charge in [-0.05, 0) is 43.7 Å². The number of pyridine rings is 1. The van der Waals surface area contributed by atoms with Gasteiger partial charge in [-0.25, -0.2) is 13.2 Å². The molecule has 3 aromatic carbocycles. The van der Waals surface area contributed by atoms with Crippen LogP contribution in [0.15, 0.2) is 60.7 Å². The van der Waals surface area contributed by atoms with E-state index in [1.165, 1.54) is 0 Å². The number of ether oxygens (including phenoxy) is 1. The Bertz CT molecular complexity index is 1630. The maximum Gasteiger partial charge on any atom is 0.416 e. The molecule has 220 valence electrons. The fraction of sp³-hybridized carbons (Fsp3) is 0.323. The van der Waals surface area contributed by atoms with E-state index in [0.29, 0.717) is 31.4 Å². The number of hydrogen-bond donors (Lipinski definition) is 1. The zero-order chi connectivity index (χ0) is 29.6. The molecule has 3 heterocycles. The van der Waals surface area contributed by atoms with Crippen LogP contribution < -0.4 is 10.1 Å². The molecule has 0 spiro atoms. The number of benzene rings is 3. The average Bonchev–Trinajstić information content (AvgIpc) is 3.51. The molecule has 2 aliphatic heterocycles. The van der Waals surface area contributed by atoms with Crippen LogP contribution in [0.5, 0.6) is 5.75 Å². The van der Waals surface area contributed by atoms with Crippen LogP contribution in [0.4, 0.5) is 37.7 Å². The molecule has 11 heteroatoms. The number of anilines is 2. The van der Waals surface area contributed by atoms with E-state index in [4.69, 9.17) is 4.74 Å². The smallest absolute Gasteiger partial charge is 0.416 e. The molecule has 0 amide bonds. The van der Waals surface area contributed by atoms with Crippen molar-refractivity contribution >= 4 is 22.3 Å². The van der Waals surface area contributed by atoms with E-state index in [-0.39, 0.29) is 42.2 Å². The SMILES string of the molecule is Cc1cc(Nc2cc(OCCN3CC4C[C@H]3CN4Cc3cc(F)c(F)cc3F)cc(C(F)(F)F)c2)c2ccccc2n1. The first-order valence-corrected chi connectivity index (χ1v) is 13.6. The lowest BCUT2D eigenvalue weighted by Gasteiger charge is -2.34. The maximum absolute atomic E-state index is 14.1. The lowest BCUT2D eigenvalue weighted by Crippen LogP contribution is -2.47. The molecule has 0 aliphatic carbocycles. The summed E-state index contributed by atoms with van der Waals surface area (Å²) in [6.45, 7) is 3.98. The number of halogens is 6. The van der Waals surface area contributed by atoms with Crippen LogP contribution in [0.1, 0.15) is 23.2 Å². The van der Waals surface area contributed by atoms with Crippen LogP contribution in [0, 0.1) is 24.4 Å². The van der Waals surface area contributed by atoms with Crippen LogP contribution in [0.2, 0.25) is 0 Å². The van der Waals surface area contributed by atoms with Crippen molar-refractivity contribution in [3.05, 3.63) is 94.9 Å². The van der Waals surface area contributed by atoms with Crippen molar-refractivity contribution in [1.29, 1.82) is 0 Å². The monoisotopic (exact) mass is 586 g/mol. The van der Waals surface area contributed by atoms with E-state index in [1.807, 2.05) is 36.1 Å². The van der Waals surface area contributed by atoms with Gasteiger partial charge in [0, 0.05) is 78.4 Å². The number of rotatable bonds is 8. The Kier molecular flexibility index (Phi) is 7.48. The highest BCUT2D eigenvalue weighted by Gasteiger charge is 2.43. The van der Waals surface area contributed by atoms with Crippen molar-refractivity contribution in [2.45, 2.75) is 38.1 Å². The number of alkyl halides is 3. The highest BCUT2D eigenvalue weighted by Crippen LogP contribution is 2.37. The van der Waals surface area contributed by atoms with Crippen LogP contribution in [0.25, 0.3) is 10.9 Å². The lowest BCUT2D eigenvalue weighted by molar-refractivity contribution is -0.137. The zero-order valence-corrected chi connectivity index (χ0v) is 22.7. The van der Waals surface area contributed by atoms with E-state index in [2.05, 4.69) is 15.2 Å². The molecule has 2 aliphatic rings. The minimum absolute atomic E-state index is 0.0993. The quantitative estimate of drug-likeness (QED) is 0.177. The minimum Gasteiger partial charge on any atom is -0.492 e. The summed E-state index contributed by atoms with van der Waals surface area (Å²) in [4.78, 5) is 8.73. The number of nitrogens with one attached hydrogen (secondary N) is 1. The molecule has 0 radical (unpaired) electrons. The Balaban J connectivity index is 1.10. The summed E-state index contributed by atoms with van der Waals surface area (Å²) in [6, 6.07) is 14.5. The van der Waals surface area contributed by atoms with Crippen molar-refractivity contribution < 1.29 is 31.1 Å². The van der Waals surface area contributed by atoms with Gasteiger partial charge < -0.3 is 10.1 Å². The van der Waals surface area contributed by atoms with Crippen LogP contribution in [-0.2, 0) is 12.7 Å². The molecule has 1 unspecified atom stereocenters. The van der Waals surface area contributed by atoms with E-state index in [0.717, 1.165) is 41.2 Å². The predicted octanol–water partition coefficient (Wildman–Crippen LogP) is 7.06. The second kappa shape index (κ2) is 11.1. The molecule has 42 heavy (non-hydrogen) atoms. The molecule has 5 nitrogen and oxygen atoms in total. The fourth-order valence-electron chi connectivity index (χ4n) is 5.97. The molecule has 2 bridgehead atoms. The third-order valence-corrected chi connectivity index (χ3v) is 7.93. The van der Waals surface area contributed by atoms with Crippen molar-refractivity contribution in [3.8, 4) is 5.75 Å². The summed E-state index contributed by atoms with van der Waals surface area (Å²) in [5, 5.41) is 3.91. The number of aryl methyl sites for hydroxylation is 1. The topological polar surface area (TPSA) is 40.6 Å². The van der Waals surface area contributed by atoms with Gasteiger partial charge in [-0.2, -0.15) is 13.2 Å². The van der Waals surface area contributed by atoms with Gasteiger partial charge in [0.15, 0.2) is 11.6 Å². The van der Waals surface area contributed by atoms with E-state index in [1.54, 1.807) is 12.1 Å². The van der Waals surface area contributed by atoms with Crippen LogP contribution >= 0.6 is 0 Å². The third kappa shape index (κ3) is 5.89. The average molecular weight is 587 g/mol. The van der Waals surface area contributed by atoms with Gasteiger partial charge in [0.05, 0.1) is 11.1 Å². The number of aromatic nitrogens is 1. The molecular formula is C31H28F6N4O. The Hall–Kier alpha value is -3.83. The first kappa shape index (κ1) is 28.3. The third-order valence-electron chi connectivity index (χ3n) is 7.93. The van der Waals surface area contributed by atoms with Crippen molar-refractivity contribution in [2.24, 2.45) is 0 Å². The van der Waals surface area contributed by atoms with Gasteiger partial charge in [-0.1, -0.05) is 18.2 Å². The normalized spacial score (nSPS) is 19.1. The van der Waals surface area contributed by atoms with Gasteiger partial charge in [-0.3, -0.25) is 14.8 Å². The summed E-state index contributed by atoms with van der Waals surface area (Å²) in [6.07, 6.45) is -3.72. The van der Waals surface area contributed by atoms with E-state index >= 15 is 0 Å². The molecule has 4 aromatic rings. The number of nitrogens with zero attached hydrogens (tertiary/aromatic N) is 3. The number of para-hydroxylation sites is 1. The van der Waals surface area contributed by atoms with Crippen molar-refractivity contribution in [1.82, 2.24) is 14.8 Å². The first-order chi connectivity index (χ1) is 20.0. The van der Waals surface area contributed by atoms with E-state index in [9.17, 15) is 26.3 Å². The molecule has 0 saturated carbocycles. The molecule has 2 fully saturated rings. The summed E-state index contributed by atoms with van der Waals surface area (Å²) in [5.74, 6) is -2.96.